The van der Waals surface area contributed by atoms with E-state index >= 15 is 0 Å². The average Bonchev–Trinajstić information content (AvgIpc) is 1.97. The number of hydrogen-bond acceptors (Lipinski definition) is 2. The molecule has 0 saturated carbocycles. The van der Waals surface area contributed by atoms with Crippen LogP contribution in [-0.4, -0.2) is 24.9 Å². The predicted molar refractivity (Wildman–Crippen MR) is 46.5 cm³/mol. The van der Waals surface area contributed by atoms with E-state index in [-0.39, 0.29) is 12.7 Å². The average molecular weight is 158 g/mol. The molecule has 0 aliphatic heterocycles. The maximum absolute atomic E-state index is 8.50. The van der Waals surface area contributed by atoms with E-state index in [1.165, 1.54) is 0 Å². The van der Waals surface area contributed by atoms with Gasteiger partial charge >= 0.3 is 0 Å². The second-order valence-electron chi connectivity index (χ2n) is 2.88. The van der Waals surface area contributed by atoms with Gasteiger partial charge in [-0.3, -0.25) is 0 Å². The van der Waals surface area contributed by atoms with Crippen molar-refractivity contribution in [3.05, 3.63) is 12.2 Å². The van der Waals surface area contributed by atoms with E-state index in [9.17, 15) is 0 Å². The molecule has 1 unspecified atom stereocenters. The van der Waals surface area contributed by atoms with Crippen molar-refractivity contribution in [3.63, 3.8) is 0 Å². The number of aliphatic hydroxyl groups excluding tert-OH is 1. The Hall–Kier alpha value is -0.340. The minimum Gasteiger partial charge on any atom is -0.396 e. The van der Waals surface area contributed by atoms with Gasteiger partial charge in [0.2, 0.25) is 0 Å². The fraction of sp³-hybridized carbons (Fsp3) is 0.778. The molecule has 0 saturated heterocycles. The molecule has 1 atom stereocenters. The van der Waals surface area contributed by atoms with Crippen molar-refractivity contribution in [2.45, 2.75) is 26.4 Å². The molecule has 0 bridgehead atoms. The Labute approximate surface area is 68.9 Å². The molecule has 0 radical (unpaired) electrons. The molecule has 2 heteroatoms. The van der Waals surface area contributed by atoms with Crippen LogP contribution in [0.2, 0.25) is 0 Å². The molecular formula is C9H18O2. The molecule has 0 heterocycles. The van der Waals surface area contributed by atoms with Crippen LogP contribution in [-0.2, 0) is 4.74 Å². The van der Waals surface area contributed by atoms with Crippen LogP contribution < -0.4 is 0 Å². The van der Waals surface area contributed by atoms with Crippen molar-refractivity contribution in [2.24, 2.45) is 5.92 Å². The highest BCUT2D eigenvalue weighted by Gasteiger charge is 2.06. The summed E-state index contributed by atoms with van der Waals surface area (Å²) < 4.78 is 5.19. The summed E-state index contributed by atoms with van der Waals surface area (Å²) in [5.74, 6) is 0.495. The van der Waals surface area contributed by atoms with Crippen molar-refractivity contribution >= 4 is 0 Å². The lowest BCUT2D eigenvalue weighted by Gasteiger charge is -2.14. The summed E-state index contributed by atoms with van der Waals surface area (Å²) in [6.07, 6.45) is 4.85. The molecule has 1 N–H and O–H groups in total. The predicted octanol–water partition coefficient (Wildman–Crippen LogP) is 1.60. The summed E-state index contributed by atoms with van der Waals surface area (Å²) >= 11 is 0. The van der Waals surface area contributed by atoms with Crippen LogP contribution in [0.4, 0.5) is 0 Å². The van der Waals surface area contributed by atoms with Gasteiger partial charge in [0.05, 0.1) is 6.10 Å². The first-order valence-corrected chi connectivity index (χ1v) is 4.02. The van der Waals surface area contributed by atoms with E-state index in [0.29, 0.717) is 12.3 Å². The molecular weight excluding hydrogens is 140 g/mol. The van der Waals surface area contributed by atoms with Gasteiger partial charge in [-0.25, -0.2) is 0 Å². The van der Waals surface area contributed by atoms with Crippen LogP contribution in [0.15, 0.2) is 12.2 Å². The summed E-state index contributed by atoms with van der Waals surface area (Å²) in [5, 5.41) is 8.50. The molecule has 0 rings (SSSR count). The maximum atomic E-state index is 8.50. The van der Waals surface area contributed by atoms with Gasteiger partial charge in [-0.2, -0.15) is 0 Å². The van der Waals surface area contributed by atoms with Crippen molar-refractivity contribution < 1.29 is 9.84 Å². The highest BCUT2D eigenvalue weighted by atomic mass is 16.5. The summed E-state index contributed by atoms with van der Waals surface area (Å²) in [6.45, 7) is 4.43. The Morgan fingerprint density at radius 3 is 2.45 bits per heavy atom. The third-order valence-corrected chi connectivity index (χ3v) is 1.55. The summed E-state index contributed by atoms with van der Waals surface area (Å²) in [5.41, 5.74) is 0. The zero-order valence-corrected chi connectivity index (χ0v) is 7.58. The molecule has 0 amide bonds. The van der Waals surface area contributed by atoms with Crippen molar-refractivity contribution in [3.8, 4) is 0 Å². The largest absolute Gasteiger partial charge is 0.396 e. The minimum absolute atomic E-state index is 0.182. The quantitative estimate of drug-likeness (QED) is 0.616. The monoisotopic (exact) mass is 158 g/mol. The van der Waals surface area contributed by atoms with Gasteiger partial charge in [0.15, 0.2) is 0 Å². The lowest BCUT2D eigenvalue weighted by Crippen LogP contribution is -2.14. The highest BCUT2D eigenvalue weighted by Crippen LogP contribution is 2.06. The molecule has 0 aliphatic carbocycles. The third-order valence-electron chi connectivity index (χ3n) is 1.55. The zero-order chi connectivity index (χ0) is 8.69. The molecule has 0 aromatic rings. The van der Waals surface area contributed by atoms with Gasteiger partial charge in [0.1, 0.15) is 0 Å². The first-order chi connectivity index (χ1) is 5.22. The van der Waals surface area contributed by atoms with E-state index in [1.54, 1.807) is 7.11 Å². The highest BCUT2D eigenvalue weighted by molar-refractivity contribution is 4.90. The van der Waals surface area contributed by atoms with Crippen molar-refractivity contribution in [2.75, 3.05) is 13.7 Å². The Bertz CT molecular complexity index is 108. The maximum Gasteiger partial charge on any atom is 0.0774 e. The molecule has 66 valence electrons. The standard InChI is InChI=1S/C9H18O2/c1-8(2)9(11-3)6-4-5-7-10/h4,6,8-10H,5,7H2,1-3H3/b6-4+. The van der Waals surface area contributed by atoms with E-state index in [1.807, 2.05) is 12.2 Å². The molecule has 0 fully saturated rings. The van der Waals surface area contributed by atoms with E-state index in [2.05, 4.69) is 13.8 Å². The normalized spacial score (nSPS) is 14.6. The van der Waals surface area contributed by atoms with Gasteiger partial charge in [-0.15, -0.1) is 0 Å². The third kappa shape index (κ3) is 4.99. The van der Waals surface area contributed by atoms with Crippen LogP contribution in [0.1, 0.15) is 20.3 Å². The van der Waals surface area contributed by atoms with Crippen LogP contribution in [0, 0.1) is 5.92 Å². The number of rotatable bonds is 5. The first-order valence-electron chi connectivity index (χ1n) is 4.02. The Morgan fingerprint density at radius 2 is 2.09 bits per heavy atom. The fourth-order valence-corrected chi connectivity index (χ4v) is 0.878. The van der Waals surface area contributed by atoms with Crippen LogP contribution >= 0.6 is 0 Å². The van der Waals surface area contributed by atoms with E-state index in [4.69, 9.17) is 9.84 Å². The Kier molecular flexibility index (Phi) is 6.18. The number of hydrogen-bond donors (Lipinski definition) is 1. The fourth-order valence-electron chi connectivity index (χ4n) is 0.878. The van der Waals surface area contributed by atoms with Crippen molar-refractivity contribution in [1.29, 1.82) is 0 Å². The van der Waals surface area contributed by atoms with Crippen LogP contribution in [0.5, 0.6) is 0 Å². The minimum atomic E-state index is 0.182. The number of ether oxygens (including phenoxy) is 1. The molecule has 2 nitrogen and oxygen atoms in total. The smallest absolute Gasteiger partial charge is 0.0774 e. The van der Waals surface area contributed by atoms with Gasteiger partial charge in [0.25, 0.3) is 0 Å². The lowest BCUT2D eigenvalue weighted by molar-refractivity contribution is 0.103. The lowest BCUT2D eigenvalue weighted by atomic mass is 10.1. The van der Waals surface area contributed by atoms with Crippen LogP contribution in [0.25, 0.3) is 0 Å². The van der Waals surface area contributed by atoms with Gasteiger partial charge in [-0.1, -0.05) is 26.0 Å². The molecule has 0 aromatic heterocycles. The summed E-state index contributed by atoms with van der Waals surface area (Å²) in [6, 6.07) is 0. The molecule has 0 spiro atoms. The van der Waals surface area contributed by atoms with Gasteiger partial charge in [0, 0.05) is 13.7 Å². The van der Waals surface area contributed by atoms with Crippen molar-refractivity contribution in [1.82, 2.24) is 0 Å². The van der Waals surface area contributed by atoms with Gasteiger partial charge < -0.3 is 9.84 Å². The number of aliphatic hydroxyl groups is 1. The van der Waals surface area contributed by atoms with E-state index in [0.717, 1.165) is 0 Å². The Balaban J connectivity index is 3.67. The van der Waals surface area contributed by atoms with Crippen LogP contribution in [0.3, 0.4) is 0 Å². The summed E-state index contributed by atoms with van der Waals surface area (Å²) in [7, 11) is 1.70. The molecule has 11 heavy (non-hydrogen) atoms. The second-order valence-corrected chi connectivity index (χ2v) is 2.88. The second kappa shape index (κ2) is 6.38. The molecule has 0 aromatic carbocycles. The van der Waals surface area contributed by atoms with E-state index < -0.39 is 0 Å². The molecule has 0 aliphatic rings. The zero-order valence-electron chi connectivity index (χ0n) is 7.58. The summed E-state index contributed by atoms with van der Waals surface area (Å²) in [4.78, 5) is 0. The topological polar surface area (TPSA) is 29.5 Å². The Morgan fingerprint density at radius 1 is 1.45 bits per heavy atom. The number of methoxy groups -OCH3 is 1. The SMILES string of the molecule is COC(/C=C/CCO)C(C)C. The van der Waals surface area contributed by atoms with Gasteiger partial charge in [-0.05, 0) is 12.3 Å². The first kappa shape index (κ1) is 10.7.